The molecule has 0 bridgehead atoms. The third-order valence-electron chi connectivity index (χ3n) is 4.81. The van der Waals surface area contributed by atoms with Gasteiger partial charge in [0.15, 0.2) is 0 Å². The summed E-state index contributed by atoms with van der Waals surface area (Å²) in [5.74, 6) is -1.20. The van der Waals surface area contributed by atoms with Crippen LogP contribution in [0.15, 0.2) is 53.4 Å². The fourth-order valence-electron chi connectivity index (χ4n) is 3.26. The number of nitrogens with one attached hydrogen (secondary N) is 1. The molecule has 1 atom stereocenters. The molecule has 0 spiro atoms. The first-order valence-electron chi connectivity index (χ1n) is 9.03. The monoisotopic (exact) mass is 386 g/mol. The zero-order valence-electron chi connectivity index (χ0n) is 15.3. The topological polar surface area (TPSA) is 49.4 Å². The van der Waals surface area contributed by atoms with E-state index in [9.17, 15) is 14.0 Å². The van der Waals surface area contributed by atoms with E-state index < -0.39 is 5.82 Å². The van der Waals surface area contributed by atoms with Crippen molar-refractivity contribution >= 4 is 23.6 Å². The van der Waals surface area contributed by atoms with E-state index in [-0.39, 0.29) is 23.3 Å². The van der Waals surface area contributed by atoms with E-state index in [1.54, 1.807) is 28.8 Å². The number of hydrogen-bond donors (Lipinski definition) is 1. The number of likely N-dealkylation sites (tertiary alicyclic amines) is 1. The minimum absolute atomic E-state index is 0.0602. The van der Waals surface area contributed by atoms with Gasteiger partial charge in [0.1, 0.15) is 5.82 Å². The van der Waals surface area contributed by atoms with E-state index in [1.165, 1.54) is 17.0 Å². The molecule has 0 aromatic heterocycles. The predicted molar refractivity (Wildman–Crippen MR) is 105 cm³/mol. The molecule has 3 rings (SSSR count). The van der Waals surface area contributed by atoms with E-state index in [1.807, 2.05) is 30.5 Å². The molecular formula is C21H23FN2O2S. The van der Waals surface area contributed by atoms with Gasteiger partial charge in [-0.1, -0.05) is 24.3 Å². The van der Waals surface area contributed by atoms with Crippen molar-refractivity contribution in [2.24, 2.45) is 5.92 Å². The molecule has 1 aliphatic rings. The summed E-state index contributed by atoms with van der Waals surface area (Å²) in [6.07, 6.45) is 3.49. The Labute approximate surface area is 163 Å². The molecular weight excluding hydrogens is 363 g/mol. The summed E-state index contributed by atoms with van der Waals surface area (Å²) < 4.78 is 13.9. The Morgan fingerprint density at radius 3 is 2.63 bits per heavy atom. The standard InChI is InChI=1S/C21H23FN2O2S/c1-27-17-10-8-15(9-11-17)13-23-20(25)16-5-4-12-24(14-16)21(26)18-6-2-3-7-19(18)22/h2-3,6-11,16H,4-5,12-14H2,1H3,(H,23,25)/t16-/m1/s1. The van der Waals surface area contributed by atoms with Gasteiger partial charge in [-0.05, 0) is 48.9 Å². The average Bonchev–Trinajstić information content (AvgIpc) is 2.72. The molecule has 2 amide bonds. The maximum Gasteiger partial charge on any atom is 0.256 e. The quantitative estimate of drug-likeness (QED) is 0.797. The Balaban J connectivity index is 1.57. The Morgan fingerprint density at radius 1 is 1.19 bits per heavy atom. The van der Waals surface area contributed by atoms with Gasteiger partial charge < -0.3 is 10.2 Å². The van der Waals surface area contributed by atoms with Crippen LogP contribution in [0.4, 0.5) is 4.39 Å². The number of hydrogen-bond acceptors (Lipinski definition) is 3. The highest BCUT2D eigenvalue weighted by Crippen LogP contribution is 2.20. The SMILES string of the molecule is CSc1ccc(CNC(=O)[C@@H]2CCCN(C(=O)c3ccccc3F)C2)cc1. The van der Waals surface area contributed by atoms with Crippen molar-refractivity contribution in [1.29, 1.82) is 0 Å². The molecule has 0 aliphatic carbocycles. The van der Waals surface area contributed by atoms with Crippen LogP contribution in [0.5, 0.6) is 0 Å². The first-order valence-corrected chi connectivity index (χ1v) is 10.3. The number of halogens is 1. The van der Waals surface area contributed by atoms with E-state index in [2.05, 4.69) is 5.32 Å². The minimum atomic E-state index is -0.525. The van der Waals surface area contributed by atoms with Gasteiger partial charge >= 0.3 is 0 Å². The molecule has 1 fully saturated rings. The van der Waals surface area contributed by atoms with Gasteiger partial charge in [-0.25, -0.2) is 4.39 Å². The van der Waals surface area contributed by atoms with Gasteiger partial charge in [-0.15, -0.1) is 11.8 Å². The molecule has 0 radical (unpaired) electrons. The lowest BCUT2D eigenvalue weighted by molar-refractivity contribution is -0.126. The van der Waals surface area contributed by atoms with E-state index in [0.29, 0.717) is 19.6 Å². The number of nitrogens with zero attached hydrogens (tertiary/aromatic N) is 1. The summed E-state index contributed by atoms with van der Waals surface area (Å²) in [7, 11) is 0. The zero-order valence-corrected chi connectivity index (χ0v) is 16.1. The van der Waals surface area contributed by atoms with Crippen LogP contribution in [0.25, 0.3) is 0 Å². The molecule has 6 heteroatoms. The van der Waals surface area contributed by atoms with Crippen LogP contribution in [0.3, 0.4) is 0 Å². The molecule has 4 nitrogen and oxygen atoms in total. The Morgan fingerprint density at radius 2 is 1.93 bits per heavy atom. The highest BCUT2D eigenvalue weighted by Gasteiger charge is 2.29. The van der Waals surface area contributed by atoms with Crippen LogP contribution in [0.1, 0.15) is 28.8 Å². The van der Waals surface area contributed by atoms with Crippen molar-refractivity contribution < 1.29 is 14.0 Å². The number of carbonyl (C=O) groups is 2. The summed E-state index contributed by atoms with van der Waals surface area (Å²) >= 11 is 1.68. The first-order chi connectivity index (χ1) is 13.1. The van der Waals surface area contributed by atoms with Gasteiger partial charge in [0.25, 0.3) is 5.91 Å². The second-order valence-corrected chi connectivity index (χ2v) is 7.52. The molecule has 1 saturated heterocycles. The van der Waals surface area contributed by atoms with Crippen LogP contribution >= 0.6 is 11.8 Å². The van der Waals surface area contributed by atoms with Crippen molar-refractivity contribution in [3.63, 3.8) is 0 Å². The molecule has 1 heterocycles. The van der Waals surface area contributed by atoms with Crippen molar-refractivity contribution in [2.45, 2.75) is 24.3 Å². The molecule has 0 unspecified atom stereocenters. The highest BCUT2D eigenvalue weighted by atomic mass is 32.2. The third kappa shape index (κ3) is 4.89. The van der Waals surface area contributed by atoms with Crippen LogP contribution in [0.2, 0.25) is 0 Å². The largest absolute Gasteiger partial charge is 0.352 e. The Bertz CT molecular complexity index is 810. The van der Waals surface area contributed by atoms with Gasteiger partial charge in [-0.2, -0.15) is 0 Å². The maximum atomic E-state index is 13.9. The molecule has 2 aromatic rings. The number of amides is 2. The molecule has 27 heavy (non-hydrogen) atoms. The van der Waals surface area contributed by atoms with Gasteiger partial charge in [0.2, 0.25) is 5.91 Å². The summed E-state index contributed by atoms with van der Waals surface area (Å²) in [5.41, 5.74) is 1.10. The van der Waals surface area contributed by atoms with Crippen molar-refractivity contribution in [3.8, 4) is 0 Å². The lowest BCUT2D eigenvalue weighted by atomic mass is 9.96. The van der Waals surface area contributed by atoms with Crippen molar-refractivity contribution in [2.75, 3.05) is 19.3 Å². The Hall–Kier alpha value is -2.34. The number of thioether (sulfide) groups is 1. The lowest BCUT2D eigenvalue weighted by Crippen LogP contribution is -2.45. The Kier molecular flexibility index (Phi) is 6.50. The van der Waals surface area contributed by atoms with Crippen molar-refractivity contribution in [3.05, 3.63) is 65.5 Å². The second kappa shape index (κ2) is 9.04. The van der Waals surface area contributed by atoms with Crippen LogP contribution in [-0.2, 0) is 11.3 Å². The fraction of sp³-hybridized carbons (Fsp3) is 0.333. The fourth-order valence-corrected chi connectivity index (χ4v) is 3.67. The van der Waals surface area contributed by atoms with Crippen LogP contribution < -0.4 is 5.32 Å². The summed E-state index contributed by atoms with van der Waals surface area (Å²) in [6.45, 7) is 1.34. The molecule has 1 aliphatic heterocycles. The molecule has 142 valence electrons. The zero-order chi connectivity index (χ0) is 19.2. The minimum Gasteiger partial charge on any atom is -0.352 e. The molecule has 1 N–H and O–H groups in total. The predicted octanol–water partition coefficient (Wildman–Crippen LogP) is 3.72. The van der Waals surface area contributed by atoms with E-state index >= 15 is 0 Å². The van der Waals surface area contributed by atoms with Gasteiger partial charge in [0.05, 0.1) is 11.5 Å². The van der Waals surface area contributed by atoms with Crippen LogP contribution in [-0.4, -0.2) is 36.1 Å². The number of carbonyl (C=O) groups excluding carboxylic acids is 2. The summed E-state index contributed by atoms with van der Waals surface area (Å²) in [4.78, 5) is 27.9. The lowest BCUT2D eigenvalue weighted by Gasteiger charge is -2.32. The van der Waals surface area contributed by atoms with Crippen molar-refractivity contribution in [1.82, 2.24) is 10.2 Å². The first kappa shape index (κ1) is 19.4. The summed E-state index contributed by atoms with van der Waals surface area (Å²) in [5, 5.41) is 2.96. The third-order valence-corrected chi connectivity index (χ3v) is 5.55. The van der Waals surface area contributed by atoms with Gasteiger partial charge in [0, 0.05) is 24.5 Å². The summed E-state index contributed by atoms with van der Waals surface area (Å²) in [6, 6.07) is 14.0. The number of piperidine rings is 1. The second-order valence-electron chi connectivity index (χ2n) is 6.64. The van der Waals surface area contributed by atoms with Gasteiger partial charge in [-0.3, -0.25) is 9.59 Å². The molecule has 0 saturated carbocycles. The van der Waals surface area contributed by atoms with E-state index in [0.717, 1.165) is 18.4 Å². The number of rotatable bonds is 5. The normalized spacial score (nSPS) is 16.8. The van der Waals surface area contributed by atoms with E-state index in [4.69, 9.17) is 0 Å². The average molecular weight is 386 g/mol. The smallest absolute Gasteiger partial charge is 0.256 e. The number of benzene rings is 2. The maximum absolute atomic E-state index is 13.9. The highest BCUT2D eigenvalue weighted by molar-refractivity contribution is 7.98. The van der Waals surface area contributed by atoms with Crippen LogP contribution in [0, 0.1) is 11.7 Å². The molecule has 2 aromatic carbocycles.